The van der Waals surface area contributed by atoms with Crippen molar-refractivity contribution in [2.75, 3.05) is 46.3 Å². The average Bonchev–Trinajstić information content (AvgIpc) is 3.43. The lowest BCUT2D eigenvalue weighted by Gasteiger charge is -2.44. The minimum Gasteiger partial charge on any atom is -0.345 e. The van der Waals surface area contributed by atoms with E-state index in [9.17, 15) is 18.4 Å². The molecule has 2 aliphatic heterocycles. The SMILES string of the molecule is CN1CCN(C(=O)C2(c3cc4sccc4n3Cc3ccc(F)cc3F)CCN(C=O)CC2)CC1. The Hall–Kier alpha value is -2.78. The Bertz CT molecular complexity index is 1210. The fourth-order valence-corrected chi connectivity index (χ4v) is 6.09. The molecule has 1 aromatic carbocycles. The van der Waals surface area contributed by atoms with E-state index in [-0.39, 0.29) is 12.5 Å². The molecule has 9 heteroatoms. The summed E-state index contributed by atoms with van der Waals surface area (Å²) in [5.74, 6) is -1.13. The smallest absolute Gasteiger partial charge is 0.234 e. The molecule has 0 radical (unpaired) electrons. The number of benzene rings is 1. The van der Waals surface area contributed by atoms with Crippen molar-refractivity contribution in [3.8, 4) is 0 Å². The Labute approximate surface area is 201 Å². The van der Waals surface area contributed by atoms with Crippen LogP contribution in [0.1, 0.15) is 24.1 Å². The summed E-state index contributed by atoms with van der Waals surface area (Å²) in [5, 5.41) is 1.98. The maximum Gasteiger partial charge on any atom is 0.234 e. The number of piperidine rings is 1. The summed E-state index contributed by atoms with van der Waals surface area (Å²) in [6.45, 7) is 4.15. The summed E-state index contributed by atoms with van der Waals surface area (Å²) < 4.78 is 31.2. The molecule has 0 saturated carbocycles. The number of likely N-dealkylation sites (tertiary alicyclic amines) is 1. The van der Waals surface area contributed by atoms with Crippen LogP contribution in [0.15, 0.2) is 35.7 Å². The number of hydrogen-bond acceptors (Lipinski definition) is 4. The molecule has 0 atom stereocenters. The fraction of sp³-hybridized carbons (Fsp3) is 0.440. The first-order valence-corrected chi connectivity index (χ1v) is 12.5. The van der Waals surface area contributed by atoms with Gasteiger partial charge in [-0.1, -0.05) is 6.07 Å². The van der Waals surface area contributed by atoms with Gasteiger partial charge in [-0.2, -0.15) is 0 Å². The Morgan fingerprint density at radius 1 is 1.06 bits per heavy atom. The summed E-state index contributed by atoms with van der Waals surface area (Å²) in [4.78, 5) is 31.5. The van der Waals surface area contributed by atoms with E-state index >= 15 is 0 Å². The molecule has 0 unspecified atom stereocenters. The van der Waals surface area contributed by atoms with Gasteiger partial charge in [0.15, 0.2) is 0 Å². The molecular formula is C25H28F2N4O2S. The van der Waals surface area contributed by atoms with Gasteiger partial charge >= 0.3 is 0 Å². The van der Waals surface area contributed by atoms with Gasteiger partial charge in [0.05, 0.1) is 22.2 Å². The summed E-state index contributed by atoms with van der Waals surface area (Å²) in [7, 11) is 2.05. The molecule has 0 bridgehead atoms. The first kappa shape index (κ1) is 23.0. The van der Waals surface area contributed by atoms with Crippen LogP contribution in [0, 0.1) is 11.6 Å². The highest BCUT2D eigenvalue weighted by molar-refractivity contribution is 7.17. The normalized spacial score (nSPS) is 19.0. The van der Waals surface area contributed by atoms with Gasteiger partial charge in [0.2, 0.25) is 12.3 Å². The van der Waals surface area contributed by atoms with Crippen LogP contribution in [0.3, 0.4) is 0 Å². The van der Waals surface area contributed by atoms with Gasteiger partial charge in [-0.3, -0.25) is 9.59 Å². The topological polar surface area (TPSA) is 48.8 Å². The first-order valence-electron chi connectivity index (χ1n) is 11.6. The third kappa shape index (κ3) is 4.01. The van der Waals surface area contributed by atoms with E-state index in [1.807, 2.05) is 20.9 Å². The number of likely N-dealkylation sites (N-methyl/N-ethyl adjacent to an activating group) is 1. The van der Waals surface area contributed by atoms with Crippen molar-refractivity contribution in [1.82, 2.24) is 19.3 Å². The second-order valence-corrected chi connectivity index (χ2v) is 10.3. The molecule has 6 nitrogen and oxygen atoms in total. The predicted octanol–water partition coefficient (Wildman–Crippen LogP) is 3.29. The lowest BCUT2D eigenvalue weighted by Crippen LogP contribution is -2.57. The van der Waals surface area contributed by atoms with Gasteiger partial charge in [-0.25, -0.2) is 8.78 Å². The van der Waals surface area contributed by atoms with Gasteiger partial charge in [0.1, 0.15) is 11.6 Å². The number of rotatable bonds is 5. The molecular weight excluding hydrogens is 458 g/mol. The number of amides is 2. The molecule has 3 aromatic rings. The highest BCUT2D eigenvalue weighted by Crippen LogP contribution is 2.41. The zero-order valence-corrected chi connectivity index (χ0v) is 20.0. The number of aromatic nitrogens is 1. The standard InChI is InChI=1S/C25H28F2N4O2S/c1-28-9-11-30(12-10-28)24(33)25(5-7-29(17-32)8-6-25)23-15-22-21(4-13-34-22)31(23)16-18-2-3-19(26)14-20(18)27/h2-4,13-15,17H,5-12,16H2,1H3. The maximum absolute atomic E-state index is 14.6. The zero-order valence-electron chi connectivity index (χ0n) is 19.2. The molecule has 5 rings (SSSR count). The first-order chi connectivity index (χ1) is 16.4. The largest absolute Gasteiger partial charge is 0.345 e. The van der Waals surface area contributed by atoms with Crippen LogP contribution < -0.4 is 0 Å². The Morgan fingerprint density at radius 2 is 1.79 bits per heavy atom. The Balaban J connectivity index is 1.60. The third-order valence-corrected chi connectivity index (χ3v) is 8.21. The van der Waals surface area contributed by atoms with Crippen LogP contribution in [0.25, 0.3) is 10.2 Å². The van der Waals surface area contributed by atoms with Crippen molar-refractivity contribution in [1.29, 1.82) is 0 Å². The van der Waals surface area contributed by atoms with Crippen molar-refractivity contribution < 1.29 is 18.4 Å². The average molecular weight is 487 g/mol. The number of carbonyl (C=O) groups excluding carboxylic acids is 2. The van der Waals surface area contributed by atoms with E-state index in [2.05, 4.69) is 18.0 Å². The van der Waals surface area contributed by atoms with Crippen molar-refractivity contribution in [3.05, 3.63) is 58.6 Å². The molecule has 2 aliphatic rings. The van der Waals surface area contributed by atoms with Crippen LogP contribution in [-0.4, -0.2) is 77.9 Å². The van der Waals surface area contributed by atoms with E-state index in [1.54, 1.807) is 16.2 Å². The number of nitrogens with zero attached hydrogens (tertiary/aromatic N) is 4. The number of halogens is 2. The molecule has 180 valence electrons. The van der Waals surface area contributed by atoms with Gasteiger partial charge in [-0.15, -0.1) is 11.3 Å². The fourth-order valence-electron chi connectivity index (χ4n) is 5.27. The van der Waals surface area contributed by atoms with E-state index in [1.165, 1.54) is 12.1 Å². The van der Waals surface area contributed by atoms with Crippen LogP contribution in [-0.2, 0) is 21.5 Å². The molecule has 0 aliphatic carbocycles. The monoisotopic (exact) mass is 486 g/mol. The number of fused-ring (bicyclic) bond motifs is 1. The Kier molecular flexibility index (Phi) is 6.16. The van der Waals surface area contributed by atoms with Crippen molar-refractivity contribution >= 4 is 33.9 Å². The van der Waals surface area contributed by atoms with Crippen LogP contribution in [0.4, 0.5) is 8.78 Å². The van der Waals surface area contributed by atoms with E-state index in [0.29, 0.717) is 44.6 Å². The summed E-state index contributed by atoms with van der Waals surface area (Å²) in [6.07, 6.45) is 1.87. The number of carbonyl (C=O) groups is 2. The minimum atomic E-state index is -0.801. The molecule has 2 aromatic heterocycles. The van der Waals surface area contributed by atoms with Gasteiger partial charge in [-0.05, 0) is 43.5 Å². The number of piperazine rings is 1. The third-order valence-electron chi connectivity index (χ3n) is 7.36. The summed E-state index contributed by atoms with van der Waals surface area (Å²) >= 11 is 1.58. The molecule has 0 N–H and O–H groups in total. The molecule has 2 fully saturated rings. The highest BCUT2D eigenvalue weighted by atomic mass is 32.1. The maximum atomic E-state index is 14.6. The van der Waals surface area contributed by atoms with E-state index in [4.69, 9.17) is 0 Å². The quantitative estimate of drug-likeness (QED) is 0.520. The van der Waals surface area contributed by atoms with Gasteiger partial charge in [0, 0.05) is 56.6 Å². The Morgan fingerprint density at radius 3 is 2.47 bits per heavy atom. The van der Waals surface area contributed by atoms with Crippen molar-refractivity contribution in [3.63, 3.8) is 0 Å². The number of thiophene rings is 1. The van der Waals surface area contributed by atoms with Crippen LogP contribution in [0.5, 0.6) is 0 Å². The summed E-state index contributed by atoms with van der Waals surface area (Å²) in [6, 6.07) is 7.68. The van der Waals surface area contributed by atoms with Gasteiger partial charge in [0.25, 0.3) is 0 Å². The van der Waals surface area contributed by atoms with Crippen LogP contribution >= 0.6 is 11.3 Å². The second-order valence-electron chi connectivity index (χ2n) is 9.34. The van der Waals surface area contributed by atoms with E-state index < -0.39 is 17.0 Å². The molecule has 0 spiro atoms. The lowest BCUT2D eigenvalue weighted by molar-refractivity contribution is -0.142. The molecule has 4 heterocycles. The molecule has 2 saturated heterocycles. The summed E-state index contributed by atoms with van der Waals surface area (Å²) in [5.41, 5.74) is 1.36. The highest BCUT2D eigenvalue weighted by Gasteiger charge is 2.47. The van der Waals surface area contributed by atoms with Crippen molar-refractivity contribution in [2.24, 2.45) is 0 Å². The molecule has 34 heavy (non-hydrogen) atoms. The lowest BCUT2D eigenvalue weighted by atomic mass is 9.74. The van der Waals surface area contributed by atoms with Crippen molar-refractivity contribution in [2.45, 2.75) is 24.8 Å². The van der Waals surface area contributed by atoms with Gasteiger partial charge < -0.3 is 19.3 Å². The molecule has 2 amide bonds. The zero-order chi connectivity index (χ0) is 23.9. The predicted molar refractivity (Wildman–Crippen MR) is 128 cm³/mol. The van der Waals surface area contributed by atoms with Crippen LogP contribution in [0.2, 0.25) is 0 Å². The number of hydrogen-bond donors (Lipinski definition) is 0. The second kappa shape index (κ2) is 9.11. The minimum absolute atomic E-state index is 0.0807. The van der Waals surface area contributed by atoms with E-state index in [0.717, 1.165) is 41.5 Å².